The van der Waals surface area contributed by atoms with Crippen molar-refractivity contribution in [1.29, 1.82) is 0 Å². The zero-order chi connectivity index (χ0) is 22.5. The van der Waals surface area contributed by atoms with Gasteiger partial charge in [0.2, 0.25) is 5.91 Å². The topological polar surface area (TPSA) is 114 Å². The monoisotopic (exact) mass is 451 g/mol. The molecular formula is C20H25N3O5S2. The van der Waals surface area contributed by atoms with Crippen LogP contribution in [0.1, 0.15) is 46.4 Å². The van der Waals surface area contributed by atoms with E-state index in [0.29, 0.717) is 17.1 Å². The normalized spacial score (nSPS) is 11.0. The van der Waals surface area contributed by atoms with E-state index in [4.69, 9.17) is 4.74 Å². The second-order valence-corrected chi connectivity index (χ2v) is 9.83. The van der Waals surface area contributed by atoms with Gasteiger partial charge in [0.05, 0.1) is 12.1 Å². The van der Waals surface area contributed by atoms with E-state index >= 15 is 0 Å². The van der Waals surface area contributed by atoms with Gasteiger partial charge in [0.15, 0.2) is 6.61 Å². The summed E-state index contributed by atoms with van der Waals surface area (Å²) in [7, 11) is 0. The number of nitrogens with one attached hydrogen (secondary N) is 3. The standard InChI is InChI=1S/C20H25N3O5S2/c1-11-12(2)30-16(23-18(26)20(3,4)5)15(11)17(25)28-10-14(24)22-19(27)21-9-13-7-6-8-29-13/h6-8H,9-10H2,1-5H3,(H,23,26)(H2,21,22,24,27). The molecule has 0 aliphatic rings. The van der Waals surface area contributed by atoms with Gasteiger partial charge in [-0.1, -0.05) is 26.8 Å². The molecule has 0 aliphatic carbocycles. The van der Waals surface area contributed by atoms with Gasteiger partial charge in [0.1, 0.15) is 5.00 Å². The van der Waals surface area contributed by atoms with E-state index in [9.17, 15) is 19.2 Å². The molecule has 0 atom stereocenters. The van der Waals surface area contributed by atoms with Crippen LogP contribution >= 0.6 is 22.7 Å². The number of thiophene rings is 2. The van der Waals surface area contributed by atoms with Gasteiger partial charge in [0, 0.05) is 15.2 Å². The smallest absolute Gasteiger partial charge is 0.341 e. The highest BCUT2D eigenvalue weighted by Crippen LogP contribution is 2.34. The molecule has 0 radical (unpaired) electrons. The summed E-state index contributed by atoms with van der Waals surface area (Å²) in [4.78, 5) is 50.3. The van der Waals surface area contributed by atoms with E-state index < -0.39 is 29.9 Å². The van der Waals surface area contributed by atoms with Crippen LogP contribution in [-0.4, -0.2) is 30.4 Å². The lowest BCUT2D eigenvalue weighted by atomic mass is 9.96. The number of aryl methyl sites for hydroxylation is 1. The quantitative estimate of drug-likeness (QED) is 0.581. The first kappa shape index (κ1) is 23.6. The van der Waals surface area contributed by atoms with Gasteiger partial charge < -0.3 is 15.4 Å². The highest BCUT2D eigenvalue weighted by Gasteiger charge is 2.27. The maximum atomic E-state index is 12.6. The van der Waals surface area contributed by atoms with Crippen LogP contribution in [0.5, 0.6) is 0 Å². The Kier molecular flexibility index (Phi) is 7.74. The molecule has 162 valence electrons. The summed E-state index contributed by atoms with van der Waals surface area (Å²) in [5.41, 5.74) is 0.247. The number of ether oxygens (including phenoxy) is 1. The van der Waals surface area contributed by atoms with Gasteiger partial charge in [-0.25, -0.2) is 9.59 Å². The highest BCUT2D eigenvalue weighted by molar-refractivity contribution is 7.16. The number of urea groups is 1. The number of carbonyl (C=O) groups excluding carboxylic acids is 4. The summed E-state index contributed by atoms with van der Waals surface area (Å²) in [6.45, 7) is 8.54. The lowest BCUT2D eigenvalue weighted by Crippen LogP contribution is -2.41. The predicted octanol–water partition coefficient (Wildman–Crippen LogP) is 3.59. The molecule has 4 amide bonds. The van der Waals surface area contributed by atoms with Crippen LogP contribution in [0.3, 0.4) is 0 Å². The summed E-state index contributed by atoms with van der Waals surface area (Å²) in [6, 6.07) is 3.04. The molecule has 3 N–H and O–H groups in total. The first-order chi connectivity index (χ1) is 14.0. The molecule has 8 nitrogen and oxygen atoms in total. The third-order valence-electron chi connectivity index (χ3n) is 4.09. The first-order valence-corrected chi connectivity index (χ1v) is 10.9. The Hall–Kier alpha value is -2.72. The molecule has 2 heterocycles. The lowest BCUT2D eigenvalue weighted by molar-refractivity contribution is -0.123. The Labute approximate surface area is 183 Å². The summed E-state index contributed by atoms with van der Waals surface area (Å²) in [5.74, 6) is -1.73. The maximum absolute atomic E-state index is 12.6. The van der Waals surface area contributed by atoms with Gasteiger partial charge in [-0.15, -0.1) is 22.7 Å². The number of anilines is 1. The van der Waals surface area contributed by atoms with E-state index in [0.717, 1.165) is 9.75 Å². The van der Waals surface area contributed by atoms with Crippen molar-refractivity contribution in [2.24, 2.45) is 5.41 Å². The number of amides is 4. The molecule has 2 aromatic heterocycles. The fraction of sp³-hybridized carbons (Fsp3) is 0.400. The van der Waals surface area contributed by atoms with Gasteiger partial charge >= 0.3 is 12.0 Å². The molecule has 2 aromatic rings. The van der Waals surface area contributed by atoms with Crippen LogP contribution in [0.15, 0.2) is 17.5 Å². The Bertz CT molecular complexity index is 943. The molecule has 10 heteroatoms. The van der Waals surface area contributed by atoms with E-state index in [1.807, 2.05) is 24.4 Å². The molecule has 0 unspecified atom stereocenters. The fourth-order valence-corrected chi connectivity index (χ4v) is 3.93. The summed E-state index contributed by atoms with van der Waals surface area (Å²) < 4.78 is 5.07. The molecule has 0 saturated heterocycles. The fourth-order valence-electron chi connectivity index (χ4n) is 2.24. The SMILES string of the molecule is Cc1sc(NC(=O)C(C)(C)C)c(C(=O)OCC(=O)NC(=O)NCc2cccs2)c1C. The first-order valence-electron chi connectivity index (χ1n) is 9.17. The number of carbonyl (C=O) groups is 4. The van der Waals surface area contributed by atoms with Gasteiger partial charge in [-0.3, -0.25) is 14.9 Å². The third kappa shape index (κ3) is 6.39. The van der Waals surface area contributed by atoms with Crippen LogP contribution in [0.4, 0.5) is 9.80 Å². The van der Waals surface area contributed by atoms with Gasteiger partial charge in [-0.05, 0) is 30.9 Å². The average Bonchev–Trinajstić information content (AvgIpc) is 3.26. The van der Waals surface area contributed by atoms with Crippen molar-refractivity contribution in [3.8, 4) is 0 Å². The predicted molar refractivity (Wildman–Crippen MR) is 117 cm³/mol. The molecule has 0 fully saturated rings. The molecule has 2 rings (SSSR count). The third-order valence-corrected chi connectivity index (χ3v) is 6.09. The zero-order valence-corrected chi connectivity index (χ0v) is 19.1. The Morgan fingerprint density at radius 3 is 2.43 bits per heavy atom. The number of hydrogen-bond acceptors (Lipinski definition) is 7. The number of hydrogen-bond donors (Lipinski definition) is 3. The Morgan fingerprint density at radius 2 is 1.83 bits per heavy atom. The summed E-state index contributed by atoms with van der Waals surface area (Å²) in [5, 5.41) is 9.67. The van der Waals surface area contributed by atoms with E-state index in [2.05, 4.69) is 16.0 Å². The molecule has 0 aromatic carbocycles. The Morgan fingerprint density at radius 1 is 1.13 bits per heavy atom. The number of imide groups is 1. The maximum Gasteiger partial charge on any atom is 0.341 e. The molecule has 30 heavy (non-hydrogen) atoms. The lowest BCUT2D eigenvalue weighted by Gasteiger charge is -2.17. The van der Waals surface area contributed by atoms with E-state index in [-0.39, 0.29) is 11.5 Å². The van der Waals surface area contributed by atoms with Gasteiger partial charge in [-0.2, -0.15) is 0 Å². The van der Waals surface area contributed by atoms with Crippen LogP contribution in [0, 0.1) is 19.3 Å². The highest BCUT2D eigenvalue weighted by atomic mass is 32.1. The van der Waals surface area contributed by atoms with Crippen LogP contribution < -0.4 is 16.0 Å². The molecule has 0 spiro atoms. The van der Waals surface area contributed by atoms with Crippen molar-refractivity contribution in [2.75, 3.05) is 11.9 Å². The Balaban J connectivity index is 1.93. The second-order valence-electron chi connectivity index (χ2n) is 7.58. The minimum absolute atomic E-state index is 0.213. The van der Waals surface area contributed by atoms with Crippen molar-refractivity contribution in [1.82, 2.24) is 10.6 Å². The summed E-state index contributed by atoms with van der Waals surface area (Å²) >= 11 is 2.75. The summed E-state index contributed by atoms with van der Waals surface area (Å²) in [6.07, 6.45) is 0. The molecule has 0 saturated carbocycles. The number of esters is 1. The van der Waals surface area contributed by atoms with E-state index in [1.165, 1.54) is 22.7 Å². The van der Waals surface area contributed by atoms with Crippen molar-refractivity contribution >= 4 is 51.5 Å². The van der Waals surface area contributed by atoms with Crippen molar-refractivity contribution < 1.29 is 23.9 Å². The second kappa shape index (κ2) is 9.86. The van der Waals surface area contributed by atoms with Crippen molar-refractivity contribution in [3.05, 3.63) is 38.4 Å². The minimum atomic E-state index is -0.753. The van der Waals surface area contributed by atoms with Crippen molar-refractivity contribution in [2.45, 2.75) is 41.2 Å². The van der Waals surface area contributed by atoms with Crippen LogP contribution in [0.2, 0.25) is 0 Å². The van der Waals surface area contributed by atoms with Gasteiger partial charge in [0.25, 0.3) is 5.91 Å². The molecule has 0 bridgehead atoms. The average molecular weight is 452 g/mol. The zero-order valence-electron chi connectivity index (χ0n) is 17.5. The molecule has 0 aliphatic heterocycles. The largest absolute Gasteiger partial charge is 0.452 e. The minimum Gasteiger partial charge on any atom is -0.452 e. The van der Waals surface area contributed by atoms with Crippen molar-refractivity contribution in [3.63, 3.8) is 0 Å². The van der Waals surface area contributed by atoms with Crippen LogP contribution in [0.25, 0.3) is 0 Å². The molecular weight excluding hydrogens is 426 g/mol. The number of rotatable bonds is 6. The van der Waals surface area contributed by atoms with E-state index in [1.54, 1.807) is 27.7 Å². The van der Waals surface area contributed by atoms with Crippen LogP contribution in [-0.2, 0) is 20.9 Å².